The molecule has 0 fully saturated rings. The minimum Gasteiger partial charge on any atom is -0.495 e. The van der Waals surface area contributed by atoms with Gasteiger partial charge in [-0.05, 0) is 42.5 Å². The molecular formula is C16H12ClFN2OS. The fourth-order valence-electron chi connectivity index (χ4n) is 1.95. The first kappa shape index (κ1) is 14.8. The van der Waals surface area contributed by atoms with Gasteiger partial charge in [0, 0.05) is 16.6 Å². The summed E-state index contributed by atoms with van der Waals surface area (Å²) in [6.07, 6.45) is 0. The van der Waals surface area contributed by atoms with Crippen LogP contribution in [-0.2, 0) is 0 Å². The van der Waals surface area contributed by atoms with Crippen molar-refractivity contribution in [3.63, 3.8) is 0 Å². The third-order valence-electron chi connectivity index (χ3n) is 3.05. The van der Waals surface area contributed by atoms with Gasteiger partial charge in [0.25, 0.3) is 0 Å². The van der Waals surface area contributed by atoms with Gasteiger partial charge in [0.15, 0.2) is 5.13 Å². The van der Waals surface area contributed by atoms with E-state index in [2.05, 4.69) is 10.3 Å². The number of benzene rings is 2. The highest BCUT2D eigenvalue weighted by molar-refractivity contribution is 7.14. The van der Waals surface area contributed by atoms with Gasteiger partial charge in [0.05, 0.1) is 17.8 Å². The smallest absolute Gasteiger partial charge is 0.187 e. The van der Waals surface area contributed by atoms with Gasteiger partial charge in [-0.3, -0.25) is 0 Å². The van der Waals surface area contributed by atoms with Gasteiger partial charge >= 0.3 is 0 Å². The van der Waals surface area contributed by atoms with Gasteiger partial charge in [-0.15, -0.1) is 11.3 Å². The minimum atomic E-state index is -0.259. The number of nitrogens with zero attached hydrogens (tertiary/aromatic N) is 1. The molecule has 0 saturated heterocycles. The van der Waals surface area contributed by atoms with Gasteiger partial charge in [0.2, 0.25) is 0 Å². The van der Waals surface area contributed by atoms with Crippen LogP contribution in [0.2, 0.25) is 5.02 Å². The van der Waals surface area contributed by atoms with Crippen LogP contribution in [0, 0.1) is 5.82 Å². The number of ether oxygens (including phenoxy) is 1. The molecule has 0 spiro atoms. The quantitative estimate of drug-likeness (QED) is 0.698. The van der Waals surface area contributed by atoms with Crippen molar-refractivity contribution < 1.29 is 9.13 Å². The highest BCUT2D eigenvalue weighted by Gasteiger charge is 2.07. The third-order valence-corrected chi connectivity index (χ3v) is 4.10. The molecule has 112 valence electrons. The standard InChI is InChI=1S/C16H12ClFN2OS/c1-21-15-7-6-12(8-13(15)17)19-16-20-14(9-22-16)10-2-4-11(18)5-3-10/h2-9H,1H3,(H,19,20). The molecule has 1 N–H and O–H groups in total. The molecule has 22 heavy (non-hydrogen) atoms. The monoisotopic (exact) mass is 334 g/mol. The van der Waals surface area contributed by atoms with Gasteiger partial charge < -0.3 is 10.1 Å². The zero-order valence-electron chi connectivity index (χ0n) is 11.6. The van der Waals surface area contributed by atoms with E-state index in [4.69, 9.17) is 16.3 Å². The minimum absolute atomic E-state index is 0.259. The summed E-state index contributed by atoms with van der Waals surface area (Å²) in [6.45, 7) is 0. The van der Waals surface area contributed by atoms with Crippen LogP contribution in [0.3, 0.4) is 0 Å². The number of methoxy groups -OCH3 is 1. The Hall–Kier alpha value is -2.11. The van der Waals surface area contributed by atoms with E-state index in [0.29, 0.717) is 10.8 Å². The van der Waals surface area contributed by atoms with Crippen LogP contribution in [0.5, 0.6) is 5.75 Å². The van der Waals surface area contributed by atoms with E-state index in [1.165, 1.54) is 23.5 Å². The molecule has 2 aromatic carbocycles. The molecule has 0 aliphatic rings. The Morgan fingerprint density at radius 2 is 1.95 bits per heavy atom. The van der Waals surface area contributed by atoms with E-state index < -0.39 is 0 Å². The van der Waals surface area contributed by atoms with Crippen molar-refractivity contribution >= 4 is 33.8 Å². The Kier molecular flexibility index (Phi) is 4.27. The molecule has 0 amide bonds. The molecule has 3 rings (SSSR count). The lowest BCUT2D eigenvalue weighted by molar-refractivity contribution is 0.415. The number of hydrogen-bond donors (Lipinski definition) is 1. The summed E-state index contributed by atoms with van der Waals surface area (Å²) >= 11 is 7.56. The van der Waals surface area contributed by atoms with Crippen molar-refractivity contribution in [2.75, 3.05) is 12.4 Å². The lowest BCUT2D eigenvalue weighted by atomic mass is 10.2. The van der Waals surface area contributed by atoms with Gasteiger partial charge in [-0.1, -0.05) is 11.6 Å². The SMILES string of the molecule is COc1ccc(Nc2nc(-c3ccc(F)cc3)cs2)cc1Cl. The molecule has 0 saturated carbocycles. The first-order valence-corrected chi connectivity index (χ1v) is 7.73. The maximum Gasteiger partial charge on any atom is 0.187 e. The van der Waals surface area contributed by atoms with E-state index in [-0.39, 0.29) is 5.82 Å². The van der Waals surface area contributed by atoms with Crippen molar-refractivity contribution in [3.8, 4) is 17.0 Å². The zero-order chi connectivity index (χ0) is 15.5. The van der Waals surface area contributed by atoms with E-state index in [0.717, 1.165) is 22.1 Å². The molecule has 1 heterocycles. The lowest BCUT2D eigenvalue weighted by Crippen LogP contribution is -1.91. The number of halogens is 2. The second kappa shape index (κ2) is 6.34. The van der Waals surface area contributed by atoms with Crippen LogP contribution in [0.25, 0.3) is 11.3 Å². The number of thiazole rings is 1. The molecule has 6 heteroatoms. The van der Waals surface area contributed by atoms with Crippen LogP contribution in [0.4, 0.5) is 15.2 Å². The normalized spacial score (nSPS) is 10.5. The molecule has 1 aromatic heterocycles. The summed E-state index contributed by atoms with van der Waals surface area (Å²) < 4.78 is 18.1. The van der Waals surface area contributed by atoms with Crippen LogP contribution < -0.4 is 10.1 Å². The number of hydrogen-bond acceptors (Lipinski definition) is 4. The molecular weight excluding hydrogens is 323 g/mol. The van der Waals surface area contributed by atoms with Crippen molar-refractivity contribution in [1.82, 2.24) is 4.98 Å². The Morgan fingerprint density at radius 3 is 2.64 bits per heavy atom. The van der Waals surface area contributed by atoms with Gasteiger partial charge in [-0.25, -0.2) is 9.37 Å². The summed E-state index contributed by atoms with van der Waals surface area (Å²) in [7, 11) is 1.57. The molecule has 0 aliphatic heterocycles. The van der Waals surface area contributed by atoms with E-state index >= 15 is 0 Å². The predicted octanol–water partition coefficient (Wildman–Crippen LogP) is 5.35. The van der Waals surface area contributed by atoms with Gasteiger partial charge in [-0.2, -0.15) is 0 Å². The van der Waals surface area contributed by atoms with E-state index in [9.17, 15) is 4.39 Å². The fourth-order valence-corrected chi connectivity index (χ4v) is 2.95. The second-order valence-corrected chi connectivity index (χ2v) is 5.78. The highest BCUT2D eigenvalue weighted by Crippen LogP contribution is 2.31. The van der Waals surface area contributed by atoms with Crippen molar-refractivity contribution in [2.45, 2.75) is 0 Å². The summed E-state index contributed by atoms with van der Waals surface area (Å²) in [5.41, 5.74) is 2.50. The number of aromatic nitrogens is 1. The van der Waals surface area contributed by atoms with Crippen LogP contribution in [0.1, 0.15) is 0 Å². The lowest BCUT2D eigenvalue weighted by Gasteiger charge is -2.06. The molecule has 3 nitrogen and oxygen atoms in total. The van der Waals surface area contributed by atoms with Crippen molar-refractivity contribution in [1.29, 1.82) is 0 Å². The molecule has 3 aromatic rings. The summed E-state index contributed by atoms with van der Waals surface area (Å²) in [5.74, 6) is 0.364. The maximum absolute atomic E-state index is 12.9. The number of anilines is 2. The summed E-state index contributed by atoms with van der Waals surface area (Å²) in [5, 5.41) is 6.38. The Balaban J connectivity index is 1.79. The largest absolute Gasteiger partial charge is 0.495 e. The molecule has 0 aliphatic carbocycles. The number of rotatable bonds is 4. The predicted molar refractivity (Wildman–Crippen MR) is 88.8 cm³/mol. The average molecular weight is 335 g/mol. The van der Waals surface area contributed by atoms with Crippen molar-refractivity contribution in [3.05, 3.63) is 58.7 Å². The van der Waals surface area contributed by atoms with Crippen LogP contribution >= 0.6 is 22.9 Å². The fraction of sp³-hybridized carbons (Fsp3) is 0.0625. The zero-order valence-corrected chi connectivity index (χ0v) is 13.2. The summed E-state index contributed by atoms with van der Waals surface area (Å²) in [4.78, 5) is 4.49. The Bertz CT molecular complexity index is 789. The topological polar surface area (TPSA) is 34.1 Å². The Morgan fingerprint density at radius 1 is 1.18 bits per heavy atom. The molecule has 0 radical (unpaired) electrons. The molecule has 0 unspecified atom stereocenters. The average Bonchev–Trinajstić information content (AvgIpc) is 2.97. The van der Waals surface area contributed by atoms with Crippen LogP contribution in [-0.4, -0.2) is 12.1 Å². The maximum atomic E-state index is 12.9. The van der Waals surface area contributed by atoms with Gasteiger partial charge in [0.1, 0.15) is 11.6 Å². The van der Waals surface area contributed by atoms with Crippen molar-refractivity contribution in [2.24, 2.45) is 0 Å². The first-order chi connectivity index (χ1) is 10.7. The van der Waals surface area contributed by atoms with E-state index in [1.807, 2.05) is 11.4 Å². The first-order valence-electron chi connectivity index (χ1n) is 6.48. The highest BCUT2D eigenvalue weighted by atomic mass is 35.5. The Labute approximate surface area is 136 Å². The van der Waals surface area contributed by atoms with Crippen LogP contribution in [0.15, 0.2) is 47.8 Å². The van der Waals surface area contributed by atoms with E-state index in [1.54, 1.807) is 31.4 Å². The molecule has 0 bridgehead atoms. The molecule has 0 atom stereocenters. The second-order valence-electron chi connectivity index (χ2n) is 4.52. The third kappa shape index (κ3) is 3.21. The number of nitrogens with one attached hydrogen (secondary N) is 1. The summed E-state index contributed by atoms with van der Waals surface area (Å²) in [6, 6.07) is 11.7.